The minimum Gasteiger partial charge on any atom is -0.349 e. The minimum absolute atomic E-state index is 0.0565. The van der Waals surface area contributed by atoms with E-state index in [1.54, 1.807) is 0 Å². The Hall–Kier alpha value is -1.35. The zero-order chi connectivity index (χ0) is 14.0. The third-order valence-corrected chi connectivity index (χ3v) is 4.19. The molecule has 0 atom stereocenters. The molecule has 1 aromatic carbocycles. The van der Waals surface area contributed by atoms with Crippen molar-refractivity contribution in [2.45, 2.75) is 58.5 Å². The summed E-state index contributed by atoms with van der Waals surface area (Å²) < 4.78 is 0. The number of benzene rings is 1. The first kappa shape index (κ1) is 14.1. The number of amides is 1. The lowest BCUT2D eigenvalue weighted by molar-refractivity contribution is 0.0925. The largest absolute Gasteiger partial charge is 0.349 e. The van der Waals surface area contributed by atoms with Crippen molar-refractivity contribution in [3.05, 3.63) is 34.4 Å². The maximum Gasteiger partial charge on any atom is 0.251 e. The van der Waals surface area contributed by atoms with E-state index in [9.17, 15) is 4.79 Å². The molecule has 1 amide bonds. The SMILES string of the molecule is Cc1cc(C)c(C(=O)NC2CCC(N)CC2)cc1C. The van der Waals surface area contributed by atoms with Crippen LogP contribution in [0.3, 0.4) is 0 Å². The first-order chi connectivity index (χ1) is 8.97. The number of hydrogen-bond donors (Lipinski definition) is 2. The van der Waals surface area contributed by atoms with Crippen molar-refractivity contribution in [3.63, 3.8) is 0 Å². The number of nitrogens with one attached hydrogen (secondary N) is 1. The van der Waals surface area contributed by atoms with Crippen molar-refractivity contribution in [1.82, 2.24) is 5.32 Å². The van der Waals surface area contributed by atoms with Gasteiger partial charge in [-0.15, -0.1) is 0 Å². The van der Waals surface area contributed by atoms with E-state index in [1.165, 1.54) is 11.1 Å². The molecule has 0 saturated heterocycles. The van der Waals surface area contributed by atoms with Gasteiger partial charge in [-0.3, -0.25) is 4.79 Å². The van der Waals surface area contributed by atoms with E-state index in [0.717, 1.165) is 36.8 Å². The second-order valence-electron chi connectivity index (χ2n) is 5.84. The maximum absolute atomic E-state index is 12.3. The third-order valence-electron chi connectivity index (χ3n) is 4.19. The van der Waals surface area contributed by atoms with E-state index in [1.807, 2.05) is 19.9 Å². The lowest BCUT2D eigenvalue weighted by Gasteiger charge is -2.27. The molecule has 0 bridgehead atoms. The van der Waals surface area contributed by atoms with Crippen molar-refractivity contribution in [2.75, 3.05) is 0 Å². The van der Waals surface area contributed by atoms with Crippen LogP contribution in [0.25, 0.3) is 0 Å². The fourth-order valence-electron chi connectivity index (χ4n) is 2.73. The first-order valence-corrected chi connectivity index (χ1v) is 7.11. The summed E-state index contributed by atoms with van der Waals surface area (Å²) in [4.78, 5) is 12.3. The van der Waals surface area contributed by atoms with Gasteiger partial charge in [-0.05, 0) is 69.2 Å². The standard InChI is InChI=1S/C16H24N2O/c1-10-8-12(3)15(9-11(10)2)16(19)18-14-6-4-13(17)5-7-14/h8-9,13-14H,4-7,17H2,1-3H3,(H,18,19). The highest BCUT2D eigenvalue weighted by atomic mass is 16.1. The van der Waals surface area contributed by atoms with Gasteiger partial charge in [-0.1, -0.05) is 6.07 Å². The van der Waals surface area contributed by atoms with Crippen molar-refractivity contribution < 1.29 is 4.79 Å². The molecule has 104 valence electrons. The molecule has 1 saturated carbocycles. The average molecular weight is 260 g/mol. The predicted molar refractivity (Wildman–Crippen MR) is 78.4 cm³/mol. The van der Waals surface area contributed by atoms with Gasteiger partial charge in [0, 0.05) is 17.6 Å². The third kappa shape index (κ3) is 3.35. The van der Waals surface area contributed by atoms with Crippen LogP contribution in [-0.4, -0.2) is 18.0 Å². The summed E-state index contributed by atoms with van der Waals surface area (Å²) in [6.07, 6.45) is 4.02. The lowest BCUT2D eigenvalue weighted by Crippen LogP contribution is -2.40. The highest BCUT2D eigenvalue weighted by Crippen LogP contribution is 2.19. The molecule has 1 fully saturated rings. The van der Waals surface area contributed by atoms with Gasteiger partial charge in [0.25, 0.3) is 5.91 Å². The Morgan fingerprint density at radius 3 is 2.26 bits per heavy atom. The smallest absolute Gasteiger partial charge is 0.251 e. The Morgan fingerprint density at radius 1 is 1.05 bits per heavy atom. The molecule has 0 radical (unpaired) electrons. The number of rotatable bonds is 2. The van der Waals surface area contributed by atoms with Crippen molar-refractivity contribution in [1.29, 1.82) is 0 Å². The molecule has 3 nitrogen and oxygen atoms in total. The Kier molecular flexibility index (Phi) is 4.25. The van der Waals surface area contributed by atoms with Crippen LogP contribution < -0.4 is 11.1 Å². The van der Waals surface area contributed by atoms with Gasteiger partial charge >= 0.3 is 0 Å². The predicted octanol–water partition coefficient (Wildman–Crippen LogP) is 2.61. The molecule has 1 aliphatic rings. The van der Waals surface area contributed by atoms with Crippen LogP contribution in [0.4, 0.5) is 0 Å². The summed E-state index contributed by atoms with van der Waals surface area (Å²) in [5.74, 6) is 0.0565. The van der Waals surface area contributed by atoms with E-state index in [4.69, 9.17) is 5.73 Å². The number of aryl methyl sites for hydroxylation is 3. The highest BCUT2D eigenvalue weighted by molar-refractivity contribution is 5.96. The van der Waals surface area contributed by atoms with Gasteiger partial charge in [-0.2, -0.15) is 0 Å². The lowest BCUT2D eigenvalue weighted by atomic mass is 9.91. The number of carbonyl (C=O) groups excluding carboxylic acids is 1. The number of carbonyl (C=O) groups is 1. The average Bonchev–Trinajstić information content (AvgIpc) is 2.36. The molecule has 0 spiro atoms. The molecule has 1 aromatic rings. The maximum atomic E-state index is 12.3. The summed E-state index contributed by atoms with van der Waals surface area (Å²) in [7, 11) is 0. The molecular formula is C16H24N2O. The summed E-state index contributed by atoms with van der Waals surface area (Å²) in [5, 5.41) is 3.15. The van der Waals surface area contributed by atoms with Crippen LogP contribution in [0.2, 0.25) is 0 Å². The number of nitrogens with two attached hydrogens (primary N) is 1. The molecule has 0 aromatic heterocycles. The number of hydrogen-bond acceptors (Lipinski definition) is 2. The van der Waals surface area contributed by atoms with Gasteiger partial charge in [0.1, 0.15) is 0 Å². The summed E-state index contributed by atoms with van der Waals surface area (Å²) in [6.45, 7) is 6.12. The van der Waals surface area contributed by atoms with Gasteiger partial charge in [0.15, 0.2) is 0 Å². The van der Waals surface area contributed by atoms with E-state index >= 15 is 0 Å². The summed E-state index contributed by atoms with van der Waals surface area (Å²) >= 11 is 0. The fraction of sp³-hybridized carbons (Fsp3) is 0.562. The molecule has 3 N–H and O–H groups in total. The Bertz CT molecular complexity index is 474. The van der Waals surface area contributed by atoms with Crippen LogP contribution in [0.5, 0.6) is 0 Å². The van der Waals surface area contributed by atoms with E-state index < -0.39 is 0 Å². The Labute approximate surface area is 115 Å². The fourth-order valence-corrected chi connectivity index (χ4v) is 2.73. The summed E-state index contributed by atoms with van der Waals surface area (Å²) in [5.41, 5.74) is 10.1. The van der Waals surface area contributed by atoms with Crippen LogP contribution >= 0.6 is 0 Å². The van der Waals surface area contributed by atoms with Crippen LogP contribution in [0.15, 0.2) is 12.1 Å². The molecule has 3 heteroatoms. The van der Waals surface area contributed by atoms with Gasteiger partial charge in [0.2, 0.25) is 0 Å². The van der Waals surface area contributed by atoms with E-state index in [0.29, 0.717) is 6.04 Å². The normalized spacial score (nSPS) is 23.2. The first-order valence-electron chi connectivity index (χ1n) is 7.11. The van der Waals surface area contributed by atoms with Crippen molar-refractivity contribution in [2.24, 2.45) is 5.73 Å². The van der Waals surface area contributed by atoms with Crippen LogP contribution in [0, 0.1) is 20.8 Å². The second-order valence-corrected chi connectivity index (χ2v) is 5.84. The molecule has 0 aliphatic heterocycles. The second kappa shape index (κ2) is 5.74. The zero-order valence-electron chi connectivity index (χ0n) is 12.1. The Balaban J connectivity index is 2.06. The van der Waals surface area contributed by atoms with E-state index in [2.05, 4.69) is 18.3 Å². The highest BCUT2D eigenvalue weighted by Gasteiger charge is 2.21. The van der Waals surface area contributed by atoms with Gasteiger partial charge in [-0.25, -0.2) is 0 Å². The molecule has 0 unspecified atom stereocenters. The topological polar surface area (TPSA) is 55.1 Å². The summed E-state index contributed by atoms with van der Waals surface area (Å²) in [6, 6.07) is 4.68. The van der Waals surface area contributed by atoms with Crippen molar-refractivity contribution >= 4 is 5.91 Å². The zero-order valence-corrected chi connectivity index (χ0v) is 12.1. The molecule has 2 rings (SSSR count). The van der Waals surface area contributed by atoms with Crippen LogP contribution in [0.1, 0.15) is 52.7 Å². The monoisotopic (exact) mass is 260 g/mol. The quantitative estimate of drug-likeness (QED) is 0.859. The molecule has 19 heavy (non-hydrogen) atoms. The minimum atomic E-state index is 0.0565. The Morgan fingerprint density at radius 2 is 1.63 bits per heavy atom. The van der Waals surface area contributed by atoms with Gasteiger partial charge in [0.05, 0.1) is 0 Å². The molecular weight excluding hydrogens is 236 g/mol. The molecule has 0 heterocycles. The van der Waals surface area contributed by atoms with Crippen LogP contribution in [-0.2, 0) is 0 Å². The van der Waals surface area contributed by atoms with E-state index in [-0.39, 0.29) is 11.9 Å². The molecule has 1 aliphatic carbocycles. The van der Waals surface area contributed by atoms with Crippen molar-refractivity contribution in [3.8, 4) is 0 Å². The van der Waals surface area contributed by atoms with Gasteiger partial charge < -0.3 is 11.1 Å².